The minimum atomic E-state index is -0.452. The van der Waals surface area contributed by atoms with Crippen LogP contribution in [0.5, 0.6) is 0 Å². The molecular weight excluding hydrogens is 219 g/mol. The van der Waals surface area contributed by atoms with Crippen molar-refractivity contribution in [2.24, 2.45) is 0 Å². The maximum atomic E-state index is 12.6. The standard InChI is InChI=1S/C13H15FN2O/c1-9(17)15-5-4-11-8-16-13-3-2-10(7-14)6-12(11)13/h2-3,6,8,16H,4-5,7H2,1H3,(H,15,17). The Kier molecular flexibility index (Phi) is 3.42. The summed E-state index contributed by atoms with van der Waals surface area (Å²) in [5.74, 6) is -0.0331. The minimum absolute atomic E-state index is 0.0331. The van der Waals surface area contributed by atoms with Crippen LogP contribution < -0.4 is 5.32 Å². The number of amides is 1. The third-order valence-electron chi connectivity index (χ3n) is 2.75. The Morgan fingerprint density at radius 2 is 2.29 bits per heavy atom. The number of hydrogen-bond acceptors (Lipinski definition) is 1. The maximum absolute atomic E-state index is 12.6. The van der Waals surface area contributed by atoms with Crippen molar-refractivity contribution < 1.29 is 9.18 Å². The van der Waals surface area contributed by atoms with Crippen LogP contribution >= 0.6 is 0 Å². The molecule has 0 bridgehead atoms. The summed E-state index contributed by atoms with van der Waals surface area (Å²) in [5.41, 5.74) is 2.78. The molecule has 4 heteroatoms. The monoisotopic (exact) mass is 234 g/mol. The first kappa shape index (κ1) is 11.6. The van der Waals surface area contributed by atoms with Crippen LogP contribution in [0.15, 0.2) is 24.4 Å². The molecule has 17 heavy (non-hydrogen) atoms. The third kappa shape index (κ3) is 2.64. The zero-order valence-electron chi connectivity index (χ0n) is 9.72. The van der Waals surface area contributed by atoms with E-state index in [0.29, 0.717) is 12.1 Å². The van der Waals surface area contributed by atoms with E-state index >= 15 is 0 Å². The first-order chi connectivity index (χ1) is 8.20. The third-order valence-corrected chi connectivity index (χ3v) is 2.75. The van der Waals surface area contributed by atoms with Crippen molar-refractivity contribution in [1.29, 1.82) is 0 Å². The van der Waals surface area contributed by atoms with Gasteiger partial charge in [0, 0.05) is 30.6 Å². The molecule has 0 unspecified atom stereocenters. The average molecular weight is 234 g/mol. The van der Waals surface area contributed by atoms with Crippen LogP contribution in [0.2, 0.25) is 0 Å². The van der Waals surface area contributed by atoms with Gasteiger partial charge in [0.1, 0.15) is 6.67 Å². The molecule has 1 heterocycles. The molecule has 0 saturated carbocycles. The number of benzene rings is 1. The number of carbonyl (C=O) groups excluding carboxylic acids is 1. The topological polar surface area (TPSA) is 44.9 Å². The molecule has 0 aliphatic carbocycles. The van der Waals surface area contributed by atoms with Crippen molar-refractivity contribution in [3.63, 3.8) is 0 Å². The molecule has 3 nitrogen and oxygen atoms in total. The fraction of sp³-hybridized carbons (Fsp3) is 0.308. The Hall–Kier alpha value is -1.84. The van der Waals surface area contributed by atoms with Gasteiger partial charge in [0.15, 0.2) is 0 Å². The van der Waals surface area contributed by atoms with E-state index in [0.717, 1.165) is 22.9 Å². The second-order valence-corrected chi connectivity index (χ2v) is 4.06. The van der Waals surface area contributed by atoms with Gasteiger partial charge in [-0.25, -0.2) is 4.39 Å². The molecule has 0 radical (unpaired) electrons. The van der Waals surface area contributed by atoms with Gasteiger partial charge in [0.05, 0.1) is 0 Å². The number of halogens is 1. The summed E-state index contributed by atoms with van der Waals surface area (Å²) < 4.78 is 12.6. The highest BCUT2D eigenvalue weighted by atomic mass is 19.1. The van der Waals surface area contributed by atoms with Crippen molar-refractivity contribution in [3.05, 3.63) is 35.5 Å². The molecular formula is C13H15FN2O. The van der Waals surface area contributed by atoms with E-state index < -0.39 is 6.67 Å². The lowest BCUT2D eigenvalue weighted by atomic mass is 10.1. The molecule has 0 fully saturated rings. The predicted octanol–water partition coefficient (Wildman–Crippen LogP) is 2.32. The van der Waals surface area contributed by atoms with E-state index in [9.17, 15) is 9.18 Å². The van der Waals surface area contributed by atoms with Gasteiger partial charge < -0.3 is 10.3 Å². The van der Waals surface area contributed by atoms with Crippen LogP contribution in [-0.2, 0) is 17.9 Å². The van der Waals surface area contributed by atoms with Gasteiger partial charge in [0.25, 0.3) is 0 Å². The van der Waals surface area contributed by atoms with Crippen molar-refractivity contribution in [2.45, 2.75) is 20.0 Å². The average Bonchev–Trinajstić information content (AvgIpc) is 2.71. The summed E-state index contributed by atoms with van der Waals surface area (Å²) >= 11 is 0. The number of fused-ring (bicyclic) bond motifs is 1. The van der Waals surface area contributed by atoms with Crippen LogP contribution in [0.1, 0.15) is 18.1 Å². The quantitative estimate of drug-likeness (QED) is 0.837. The number of rotatable bonds is 4. The molecule has 1 amide bonds. The summed E-state index contributed by atoms with van der Waals surface area (Å²) in [5, 5.41) is 3.78. The Bertz CT molecular complexity index is 533. The number of nitrogens with one attached hydrogen (secondary N) is 2. The molecule has 0 spiro atoms. The van der Waals surface area contributed by atoms with E-state index in [1.807, 2.05) is 18.3 Å². The van der Waals surface area contributed by atoms with E-state index in [1.165, 1.54) is 6.92 Å². The minimum Gasteiger partial charge on any atom is -0.361 e. The van der Waals surface area contributed by atoms with Gasteiger partial charge >= 0.3 is 0 Å². The molecule has 2 N–H and O–H groups in total. The van der Waals surface area contributed by atoms with Crippen LogP contribution in [0.4, 0.5) is 4.39 Å². The molecule has 0 saturated heterocycles. The Morgan fingerprint density at radius 1 is 1.47 bits per heavy atom. The molecule has 90 valence electrons. The molecule has 0 atom stereocenters. The SMILES string of the molecule is CC(=O)NCCc1c[nH]c2ccc(CF)cc12. The van der Waals surface area contributed by atoms with Gasteiger partial charge in [0.2, 0.25) is 5.91 Å². The Labute approximate surface area is 99.0 Å². The zero-order valence-corrected chi connectivity index (χ0v) is 9.72. The van der Waals surface area contributed by atoms with Crippen LogP contribution in [0.3, 0.4) is 0 Å². The lowest BCUT2D eigenvalue weighted by Gasteiger charge is -2.02. The lowest BCUT2D eigenvalue weighted by Crippen LogP contribution is -2.22. The Balaban J connectivity index is 2.19. The number of carbonyl (C=O) groups is 1. The second kappa shape index (κ2) is 4.99. The Morgan fingerprint density at radius 3 is 3.00 bits per heavy atom. The van der Waals surface area contributed by atoms with Gasteiger partial charge in [-0.05, 0) is 29.7 Å². The second-order valence-electron chi connectivity index (χ2n) is 4.06. The van der Waals surface area contributed by atoms with Crippen molar-refractivity contribution in [3.8, 4) is 0 Å². The van der Waals surface area contributed by atoms with Gasteiger partial charge in [-0.1, -0.05) is 6.07 Å². The van der Waals surface area contributed by atoms with Gasteiger partial charge in [-0.15, -0.1) is 0 Å². The highest BCUT2D eigenvalue weighted by Gasteiger charge is 2.04. The number of alkyl halides is 1. The van der Waals surface area contributed by atoms with E-state index in [1.54, 1.807) is 6.07 Å². The highest BCUT2D eigenvalue weighted by molar-refractivity contribution is 5.84. The summed E-state index contributed by atoms with van der Waals surface area (Å²) in [7, 11) is 0. The normalized spacial score (nSPS) is 10.7. The summed E-state index contributed by atoms with van der Waals surface area (Å²) in [6.07, 6.45) is 2.66. The maximum Gasteiger partial charge on any atom is 0.216 e. The molecule has 2 rings (SSSR count). The largest absolute Gasteiger partial charge is 0.361 e. The van der Waals surface area contributed by atoms with Crippen molar-refractivity contribution in [1.82, 2.24) is 10.3 Å². The number of aromatic amines is 1. The van der Waals surface area contributed by atoms with Crippen LogP contribution in [-0.4, -0.2) is 17.4 Å². The van der Waals surface area contributed by atoms with Crippen LogP contribution in [0, 0.1) is 0 Å². The highest BCUT2D eigenvalue weighted by Crippen LogP contribution is 2.20. The number of aromatic nitrogens is 1. The van der Waals surface area contributed by atoms with Gasteiger partial charge in [-0.2, -0.15) is 0 Å². The molecule has 0 aliphatic rings. The van der Waals surface area contributed by atoms with E-state index in [-0.39, 0.29) is 5.91 Å². The van der Waals surface area contributed by atoms with Gasteiger partial charge in [-0.3, -0.25) is 4.79 Å². The van der Waals surface area contributed by atoms with E-state index in [4.69, 9.17) is 0 Å². The molecule has 0 aliphatic heterocycles. The number of H-pyrrole nitrogens is 1. The molecule has 1 aromatic heterocycles. The first-order valence-electron chi connectivity index (χ1n) is 5.60. The summed E-state index contributed by atoms with van der Waals surface area (Å²) in [4.78, 5) is 13.9. The fourth-order valence-corrected chi connectivity index (χ4v) is 1.89. The zero-order chi connectivity index (χ0) is 12.3. The lowest BCUT2D eigenvalue weighted by molar-refractivity contribution is -0.118. The summed E-state index contributed by atoms with van der Waals surface area (Å²) in [6, 6.07) is 5.51. The van der Waals surface area contributed by atoms with Crippen molar-refractivity contribution >= 4 is 16.8 Å². The van der Waals surface area contributed by atoms with E-state index in [2.05, 4.69) is 10.3 Å². The smallest absolute Gasteiger partial charge is 0.216 e. The number of hydrogen-bond donors (Lipinski definition) is 2. The van der Waals surface area contributed by atoms with Crippen molar-refractivity contribution in [2.75, 3.05) is 6.54 Å². The predicted molar refractivity (Wildman–Crippen MR) is 65.5 cm³/mol. The first-order valence-corrected chi connectivity index (χ1v) is 5.60. The summed E-state index contributed by atoms with van der Waals surface area (Å²) in [6.45, 7) is 1.64. The molecule has 1 aromatic carbocycles. The fourth-order valence-electron chi connectivity index (χ4n) is 1.89. The van der Waals surface area contributed by atoms with Crippen LogP contribution in [0.25, 0.3) is 10.9 Å². The molecule has 2 aromatic rings.